The summed E-state index contributed by atoms with van der Waals surface area (Å²) in [6.45, 7) is 5.22. The molecule has 2 heterocycles. The molecular weight excluding hydrogens is 496 g/mol. The van der Waals surface area contributed by atoms with Crippen molar-refractivity contribution in [1.82, 2.24) is 5.01 Å². The fraction of sp³-hybridized carbons (Fsp3) is 0.400. The number of rotatable bonds is 9. The van der Waals surface area contributed by atoms with Crippen molar-refractivity contribution in [1.29, 1.82) is 5.41 Å². The van der Waals surface area contributed by atoms with E-state index in [0.29, 0.717) is 36.0 Å². The summed E-state index contributed by atoms with van der Waals surface area (Å²) in [5, 5.41) is 16.3. The van der Waals surface area contributed by atoms with E-state index in [-0.39, 0.29) is 11.4 Å². The van der Waals surface area contributed by atoms with Crippen LogP contribution in [0.3, 0.4) is 0 Å². The van der Waals surface area contributed by atoms with E-state index in [1.54, 1.807) is 6.08 Å². The van der Waals surface area contributed by atoms with Gasteiger partial charge in [0.05, 0.1) is 5.57 Å². The molecule has 0 radical (unpaired) electrons. The molecule has 1 aliphatic carbocycles. The Bertz CT molecular complexity index is 1280. The number of thioether (sulfide) groups is 1. The van der Waals surface area contributed by atoms with Gasteiger partial charge >= 0.3 is 0 Å². The zero-order valence-electron chi connectivity index (χ0n) is 22.0. The molecule has 1 amide bonds. The third kappa shape index (κ3) is 6.01. The Kier molecular flexibility index (Phi) is 8.27. The van der Waals surface area contributed by atoms with E-state index < -0.39 is 5.91 Å². The lowest BCUT2D eigenvalue weighted by molar-refractivity contribution is -0.114. The Labute approximate surface area is 228 Å². The van der Waals surface area contributed by atoms with Gasteiger partial charge in [-0.15, -0.1) is 0 Å². The number of carbonyl (C=O) groups excluding carboxylic acids is 1. The summed E-state index contributed by atoms with van der Waals surface area (Å²) in [5.74, 6) is 2.09. The summed E-state index contributed by atoms with van der Waals surface area (Å²) >= 11 is 1.44. The molecule has 0 bridgehead atoms. The minimum Gasteiger partial charge on any atom is -0.490 e. The molecule has 1 unspecified atom stereocenters. The number of fused-ring (bicyclic) bond motifs is 1. The van der Waals surface area contributed by atoms with E-state index in [9.17, 15) is 4.79 Å². The molecule has 1 fully saturated rings. The van der Waals surface area contributed by atoms with E-state index in [1.807, 2.05) is 36.4 Å². The standard InChI is InChI=1S/C30H34N4O3S/c1-3-20(2)22-12-14-24(15-13-22)36-16-17-37-25-11-7-8-21(18-25)19-26-27(31)34-30(32-28(26)35)38-29(33-34)23-9-5-4-6-10-23/h7-8,11-15,18-20,23,31H,3-6,9-10,16-17H2,1-2H3/b26-19-,31-27?. The number of carbonyl (C=O) groups is 1. The van der Waals surface area contributed by atoms with Crippen molar-refractivity contribution in [2.45, 2.75) is 58.3 Å². The average Bonchev–Trinajstić information content (AvgIpc) is 3.38. The molecule has 38 heavy (non-hydrogen) atoms. The van der Waals surface area contributed by atoms with E-state index in [0.717, 1.165) is 35.6 Å². The van der Waals surface area contributed by atoms with Gasteiger partial charge in [0.25, 0.3) is 5.91 Å². The molecule has 1 N–H and O–H groups in total. The normalized spacial score (nSPS) is 19.7. The van der Waals surface area contributed by atoms with E-state index in [1.165, 1.54) is 41.6 Å². The van der Waals surface area contributed by atoms with Gasteiger partial charge in [0, 0.05) is 5.92 Å². The average molecular weight is 531 g/mol. The van der Waals surface area contributed by atoms with Crippen molar-refractivity contribution >= 4 is 39.8 Å². The van der Waals surface area contributed by atoms with Crippen LogP contribution in [0, 0.1) is 11.3 Å². The number of hydrogen-bond donors (Lipinski definition) is 1. The van der Waals surface area contributed by atoms with Gasteiger partial charge in [-0.25, -0.2) is 0 Å². The Morgan fingerprint density at radius 2 is 1.82 bits per heavy atom. The summed E-state index contributed by atoms with van der Waals surface area (Å²) in [4.78, 5) is 17.0. The third-order valence-electron chi connectivity index (χ3n) is 7.28. The van der Waals surface area contributed by atoms with Gasteiger partial charge in [-0.05, 0) is 78.4 Å². The molecule has 0 saturated heterocycles. The maximum absolute atomic E-state index is 12.8. The maximum Gasteiger partial charge on any atom is 0.283 e. The first-order chi connectivity index (χ1) is 18.5. The zero-order valence-corrected chi connectivity index (χ0v) is 22.8. The SMILES string of the molecule is CCC(C)c1ccc(OCCOc2cccc(/C=C3/C(=N)N4N=C(C5CCCCC5)SC4=NC3=O)c2)cc1. The highest BCUT2D eigenvalue weighted by molar-refractivity contribution is 8.27. The smallest absolute Gasteiger partial charge is 0.283 e. The van der Waals surface area contributed by atoms with Crippen LogP contribution in [-0.2, 0) is 4.79 Å². The molecule has 8 heteroatoms. The first-order valence-electron chi connectivity index (χ1n) is 13.5. The van der Waals surface area contributed by atoms with Crippen LogP contribution in [0.25, 0.3) is 6.08 Å². The fourth-order valence-corrected chi connectivity index (χ4v) is 5.89. The first kappa shape index (κ1) is 26.2. The van der Waals surface area contributed by atoms with Crippen LogP contribution >= 0.6 is 11.8 Å². The molecular formula is C30H34N4O3S. The van der Waals surface area contributed by atoms with Crippen molar-refractivity contribution in [3.05, 3.63) is 65.2 Å². The molecule has 3 aliphatic rings. The molecule has 5 rings (SSSR count). The van der Waals surface area contributed by atoms with Crippen molar-refractivity contribution in [2.75, 3.05) is 13.2 Å². The lowest BCUT2D eigenvalue weighted by Crippen LogP contribution is -2.35. The summed E-state index contributed by atoms with van der Waals surface area (Å²) in [7, 11) is 0. The van der Waals surface area contributed by atoms with Gasteiger partial charge in [0.1, 0.15) is 29.8 Å². The predicted octanol–water partition coefficient (Wildman–Crippen LogP) is 6.86. The number of benzene rings is 2. The minimum atomic E-state index is -0.409. The zero-order chi connectivity index (χ0) is 26.5. The fourth-order valence-electron chi connectivity index (χ4n) is 4.83. The molecule has 0 aromatic heterocycles. The molecule has 0 spiro atoms. The summed E-state index contributed by atoms with van der Waals surface area (Å²) < 4.78 is 11.7. The number of amides is 1. The summed E-state index contributed by atoms with van der Waals surface area (Å²) in [6.07, 6.45) is 8.69. The molecule has 7 nitrogen and oxygen atoms in total. The second-order valence-corrected chi connectivity index (χ2v) is 10.9. The third-order valence-corrected chi connectivity index (χ3v) is 8.35. The number of hydrogen-bond acceptors (Lipinski definition) is 6. The molecule has 1 atom stereocenters. The number of nitrogens with zero attached hydrogens (tertiary/aromatic N) is 3. The molecule has 2 aliphatic heterocycles. The van der Waals surface area contributed by atoms with E-state index in [4.69, 9.17) is 14.9 Å². The van der Waals surface area contributed by atoms with Crippen LogP contribution in [0.5, 0.6) is 11.5 Å². The molecule has 2 aromatic carbocycles. The summed E-state index contributed by atoms with van der Waals surface area (Å²) in [5.41, 5.74) is 2.30. The van der Waals surface area contributed by atoms with Gasteiger partial charge in [-0.1, -0.05) is 57.4 Å². The Morgan fingerprint density at radius 1 is 1.08 bits per heavy atom. The monoisotopic (exact) mass is 530 g/mol. The van der Waals surface area contributed by atoms with Crippen LogP contribution in [0.4, 0.5) is 0 Å². The highest BCUT2D eigenvalue weighted by Crippen LogP contribution is 2.36. The second kappa shape index (κ2) is 12.0. The van der Waals surface area contributed by atoms with Crippen LogP contribution < -0.4 is 9.47 Å². The Morgan fingerprint density at radius 3 is 2.55 bits per heavy atom. The number of aliphatic imine (C=N–C) groups is 1. The highest BCUT2D eigenvalue weighted by Gasteiger charge is 2.37. The lowest BCUT2D eigenvalue weighted by Gasteiger charge is -2.20. The topological polar surface area (TPSA) is 87.3 Å². The van der Waals surface area contributed by atoms with Crippen molar-refractivity contribution in [3.8, 4) is 11.5 Å². The van der Waals surface area contributed by atoms with Gasteiger partial charge in [-0.2, -0.15) is 15.1 Å². The van der Waals surface area contributed by atoms with Crippen LogP contribution in [0.15, 0.2) is 64.2 Å². The van der Waals surface area contributed by atoms with Crippen LogP contribution in [0.1, 0.15) is 69.4 Å². The predicted molar refractivity (Wildman–Crippen MR) is 154 cm³/mol. The number of ether oxygens (including phenoxy) is 2. The van der Waals surface area contributed by atoms with Crippen LogP contribution in [-0.4, -0.2) is 40.2 Å². The van der Waals surface area contributed by atoms with Crippen molar-refractivity contribution in [3.63, 3.8) is 0 Å². The maximum atomic E-state index is 12.8. The van der Waals surface area contributed by atoms with Gasteiger partial charge < -0.3 is 9.47 Å². The largest absolute Gasteiger partial charge is 0.490 e. The Balaban J connectivity index is 1.19. The molecule has 2 aromatic rings. The lowest BCUT2D eigenvalue weighted by atomic mass is 9.90. The van der Waals surface area contributed by atoms with Gasteiger partial charge in [0.2, 0.25) is 5.17 Å². The number of nitrogens with one attached hydrogen (secondary N) is 1. The van der Waals surface area contributed by atoms with Gasteiger partial charge in [-0.3, -0.25) is 10.2 Å². The number of hydrazone groups is 1. The minimum absolute atomic E-state index is 0.0670. The number of amidine groups is 2. The van der Waals surface area contributed by atoms with E-state index in [2.05, 4.69) is 36.1 Å². The Hall–Kier alpha value is -3.39. The van der Waals surface area contributed by atoms with Crippen molar-refractivity contribution in [2.24, 2.45) is 16.0 Å². The van der Waals surface area contributed by atoms with Crippen LogP contribution in [0.2, 0.25) is 0 Å². The highest BCUT2D eigenvalue weighted by atomic mass is 32.2. The van der Waals surface area contributed by atoms with E-state index >= 15 is 0 Å². The van der Waals surface area contributed by atoms with Crippen molar-refractivity contribution < 1.29 is 14.3 Å². The summed E-state index contributed by atoms with van der Waals surface area (Å²) in [6, 6.07) is 15.7. The second-order valence-electron chi connectivity index (χ2n) is 9.94. The quantitative estimate of drug-likeness (QED) is 0.283. The van der Waals surface area contributed by atoms with Gasteiger partial charge in [0.15, 0.2) is 5.84 Å². The first-order valence-corrected chi connectivity index (χ1v) is 14.3. The molecule has 1 saturated carbocycles. The molecule has 198 valence electrons.